The maximum Gasteiger partial charge on any atom is 0.246 e. The molecule has 7 nitrogen and oxygen atoms in total. The molecule has 0 bridgehead atoms. The fourth-order valence-corrected chi connectivity index (χ4v) is 4.75. The van der Waals surface area contributed by atoms with Crippen LogP contribution in [0.3, 0.4) is 0 Å². The van der Waals surface area contributed by atoms with E-state index in [1.807, 2.05) is 41.5 Å². The Hall–Kier alpha value is -1.90. The van der Waals surface area contributed by atoms with Crippen LogP contribution in [0.5, 0.6) is 0 Å². The molecular formula is C20H23Cl2N3O4S. The molecule has 30 heavy (non-hydrogen) atoms. The first-order valence-corrected chi connectivity index (χ1v) is 11.8. The standard InChI is InChI=1S/C20H23Cl2N3O4S/c1-19(2,3)10-8-28-17(23-10)14-12(21)16(30(7,26)27)13(22)15(25-14)18-24-11(9-29-18)20(4,5)6/h8-9H,1-7H3. The van der Waals surface area contributed by atoms with Gasteiger partial charge in [-0.3, -0.25) is 0 Å². The Balaban J connectivity index is 2.30. The third-order valence-electron chi connectivity index (χ3n) is 4.36. The maximum atomic E-state index is 12.5. The van der Waals surface area contributed by atoms with E-state index in [0.29, 0.717) is 11.4 Å². The molecule has 3 rings (SSSR count). The highest BCUT2D eigenvalue weighted by molar-refractivity contribution is 7.91. The number of nitrogens with zero attached hydrogens (tertiary/aromatic N) is 3. The van der Waals surface area contributed by atoms with Gasteiger partial charge >= 0.3 is 0 Å². The second-order valence-electron chi connectivity index (χ2n) is 9.11. The van der Waals surface area contributed by atoms with Gasteiger partial charge in [-0.25, -0.2) is 23.4 Å². The van der Waals surface area contributed by atoms with E-state index < -0.39 is 9.84 Å². The molecule has 0 saturated heterocycles. The molecular weight excluding hydrogens is 449 g/mol. The Kier molecular flexibility index (Phi) is 5.58. The van der Waals surface area contributed by atoms with Crippen molar-refractivity contribution >= 4 is 33.0 Å². The molecule has 10 heteroatoms. The minimum Gasteiger partial charge on any atom is -0.443 e. The smallest absolute Gasteiger partial charge is 0.246 e. The van der Waals surface area contributed by atoms with Crippen molar-refractivity contribution in [3.8, 4) is 23.2 Å². The molecule has 0 aliphatic carbocycles. The third-order valence-corrected chi connectivity index (χ3v) is 6.47. The summed E-state index contributed by atoms with van der Waals surface area (Å²) >= 11 is 12.8. The van der Waals surface area contributed by atoms with Gasteiger partial charge in [0, 0.05) is 17.1 Å². The van der Waals surface area contributed by atoms with Crippen LogP contribution in [0.1, 0.15) is 52.9 Å². The van der Waals surface area contributed by atoms with Gasteiger partial charge in [-0.05, 0) is 0 Å². The van der Waals surface area contributed by atoms with Gasteiger partial charge in [-0.15, -0.1) is 0 Å². The molecule has 0 radical (unpaired) electrons. The number of halogens is 2. The second kappa shape index (κ2) is 7.35. The Bertz CT molecular complexity index is 1140. The summed E-state index contributed by atoms with van der Waals surface area (Å²) in [6.45, 7) is 11.8. The normalized spacial score (nSPS) is 13.1. The predicted molar refractivity (Wildman–Crippen MR) is 116 cm³/mol. The molecule has 0 unspecified atom stereocenters. The highest BCUT2D eigenvalue weighted by atomic mass is 35.5. The SMILES string of the molecule is CC(C)(C)c1coc(-c2nc(-c3nc(C(C)(C)C)co3)c(Cl)c(S(C)(=O)=O)c2Cl)n1. The maximum absolute atomic E-state index is 12.5. The first kappa shape index (κ1) is 22.8. The lowest BCUT2D eigenvalue weighted by Crippen LogP contribution is -2.11. The fraction of sp³-hybridized carbons (Fsp3) is 0.450. The van der Waals surface area contributed by atoms with Gasteiger partial charge in [-0.1, -0.05) is 64.7 Å². The molecule has 0 atom stereocenters. The summed E-state index contributed by atoms with van der Waals surface area (Å²) in [7, 11) is -3.81. The fourth-order valence-electron chi connectivity index (χ4n) is 2.58. The van der Waals surface area contributed by atoms with Crippen LogP contribution in [-0.4, -0.2) is 29.6 Å². The summed E-state index contributed by atoms with van der Waals surface area (Å²) in [5.41, 5.74) is 0.850. The first-order valence-electron chi connectivity index (χ1n) is 9.12. The van der Waals surface area contributed by atoms with E-state index in [9.17, 15) is 8.42 Å². The zero-order chi connectivity index (χ0) is 22.6. The topological polar surface area (TPSA) is 99.1 Å². The van der Waals surface area contributed by atoms with Crippen LogP contribution in [0.15, 0.2) is 26.3 Å². The molecule has 0 saturated carbocycles. The number of oxazole rings is 2. The summed E-state index contributed by atoms with van der Waals surface area (Å²) < 4.78 is 36.1. The number of hydrogen-bond acceptors (Lipinski definition) is 7. The third kappa shape index (κ3) is 4.26. The summed E-state index contributed by atoms with van der Waals surface area (Å²) in [6.07, 6.45) is 4.00. The Morgan fingerprint density at radius 3 is 1.40 bits per heavy atom. The Morgan fingerprint density at radius 2 is 1.13 bits per heavy atom. The van der Waals surface area contributed by atoms with Crippen LogP contribution in [0.4, 0.5) is 0 Å². The van der Waals surface area contributed by atoms with Gasteiger partial charge in [0.2, 0.25) is 11.8 Å². The molecule has 0 aliphatic rings. The number of hydrogen-bond donors (Lipinski definition) is 0. The van der Waals surface area contributed by atoms with E-state index in [2.05, 4.69) is 15.0 Å². The molecule has 0 amide bonds. The summed E-state index contributed by atoms with van der Waals surface area (Å²) in [6, 6.07) is 0. The average molecular weight is 472 g/mol. The van der Waals surface area contributed by atoms with E-state index in [1.165, 1.54) is 12.5 Å². The summed E-state index contributed by atoms with van der Waals surface area (Å²) in [5, 5.41) is -0.340. The molecule has 0 spiro atoms. The van der Waals surface area contributed by atoms with Crippen molar-refractivity contribution in [2.45, 2.75) is 57.3 Å². The molecule has 0 fully saturated rings. The largest absolute Gasteiger partial charge is 0.443 e. The quantitative estimate of drug-likeness (QED) is 0.482. The molecule has 3 heterocycles. The monoisotopic (exact) mass is 471 g/mol. The van der Waals surface area contributed by atoms with Gasteiger partial charge in [0.15, 0.2) is 9.84 Å². The lowest BCUT2D eigenvalue weighted by Gasteiger charge is -2.14. The van der Waals surface area contributed by atoms with E-state index in [0.717, 1.165) is 6.26 Å². The van der Waals surface area contributed by atoms with Crippen molar-refractivity contribution in [3.05, 3.63) is 34.0 Å². The summed E-state index contributed by atoms with van der Waals surface area (Å²) in [4.78, 5) is 13.0. The van der Waals surface area contributed by atoms with E-state index in [4.69, 9.17) is 32.0 Å². The Labute approximate surface area is 185 Å². The van der Waals surface area contributed by atoms with Gasteiger partial charge in [0.05, 0.1) is 21.4 Å². The lowest BCUT2D eigenvalue weighted by atomic mass is 9.93. The van der Waals surface area contributed by atoms with Crippen LogP contribution >= 0.6 is 23.2 Å². The van der Waals surface area contributed by atoms with Gasteiger partial charge in [0.1, 0.15) is 28.8 Å². The highest BCUT2D eigenvalue weighted by Gasteiger charge is 2.31. The zero-order valence-electron chi connectivity index (χ0n) is 17.8. The van der Waals surface area contributed by atoms with Crippen molar-refractivity contribution in [1.82, 2.24) is 15.0 Å². The number of aromatic nitrogens is 3. The molecule has 0 aromatic carbocycles. The predicted octanol–water partition coefficient (Wildman–Crippen LogP) is 5.70. The van der Waals surface area contributed by atoms with E-state index in [1.54, 1.807) is 0 Å². The van der Waals surface area contributed by atoms with Gasteiger partial charge in [0.25, 0.3) is 0 Å². The van der Waals surface area contributed by atoms with Crippen molar-refractivity contribution < 1.29 is 17.3 Å². The van der Waals surface area contributed by atoms with Gasteiger partial charge in [-0.2, -0.15) is 0 Å². The highest BCUT2D eigenvalue weighted by Crippen LogP contribution is 2.41. The van der Waals surface area contributed by atoms with Crippen LogP contribution in [0.25, 0.3) is 23.2 Å². The van der Waals surface area contributed by atoms with Crippen LogP contribution in [0, 0.1) is 0 Å². The minimum absolute atomic E-state index is 0.0440. The zero-order valence-corrected chi connectivity index (χ0v) is 20.1. The van der Waals surface area contributed by atoms with Crippen LogP contribution < -0.4 is 0 Å². The molecule has 3 aromatic rings. The van der Waals surface area contributed by atoms with Crippen molar-refractivity contribution in [3.63, 3.8) is 0 Å². The number of rotatable bonds is 3. The minimum atomic E-state index is -3.81. The van der Waals surface area contributed by atoms with Crippen LogP contribution in [0.2, 0.25) is 10.0 Å². The van der Waals surface area contributed by atoms with Crippen LogP contribution in [-0.2, 0) is 20.7 Å². The summed E-state index contributed by atoms with van der Waals surface area (Å²) in [5.74, 6) is 0.158. The molecule has 162 valence electrons. The molecule has 0 N–H and O–H groups in total. The van der Waals surface area contributed by atoms with E-state index in [-0.39, 0.29) is 48.9 Å². The van der Waals surface area contributed by atoms with Crippen molar-refractivity contribution in [2.24, 2.45) is 0 Å². The molecule has 0 aliphatic heterocycles. The average Bonchev–Trinajstić information content (AvgIpc) is 3.22. The second-order valence-corrected chi connectivity index (χ2v) is 11.8. The first-order chi connectivity index (χ1) is 13.6. The Morgan fingerprint density at radius 1 is 0.767 bits per heavy atom. The number of sulfone groups is 1. The lowest BCUT2D eigenvalue weighted by molar-refractivity contribution is 0.541. The molecule has 3 aromatic heterocycles. The van der Waals surface area contributed by atoms with E-state index >= 15 is 0 Å². The van der Waals surface area contributed by atoms with Crippen molar-refractivity contribution in [2.75, 3.05) is 6.26 Å². The van der Waals surface area contributed by atoms with Gasteiger partial charge < -0.3 is 8.83 Å². The van der Waals surface area contributed by atoms with Crippen molar-refractivity contribution in [1.29, 1.82) is 0 Å². The number of pyridine rings is 1.